The van der Waals surface area contributed by atoms with Crippen LogP contribution in [-0.4, -0.2) is 51.6 Å². The van der Waals surface area contributed by atoms with Crippen molar-refractivity contribution >= 4 is 17.4 Å². The third kappa shape index (κ3) is 2.74. The minimum atomic E-state index is 0.343. The van der Waals surface area contributed by atoms with Gasteiger partial charge in [0.1, 0.15) is 5.82 Å². The van der Waals surface area contributed by atoms with E-state index in [1.807, 2.05) is 17.5 Å². The molecular formula is C18H25N5O. The highest BCUT2D eigenvalue weighted by Gasteiger charge is 2.35. The SMILES string of the molecule is Cc1cc(N(C)C[C@H]2CC(=O)N(C3CCCC3)C2)n2nccc2n1. The van der Waals surface area contributed by atoms with Crippen LogP contribution in [0.15, 0.2) is 18.3 Å². The van der Waals surface area contributed by atoms with Crippen molar-refractivity contribution in [2.75, 3.05) is 25.0 Å². The topological polar surface area (TPSA) is 53.7 Å². The Balaban J connectivity index is 1.48. The monoisotopic (exact) mass is 327 g/mol. The van der Waals surface area contributed by atoms with Crippen molar-refractivity contribution < 1.29 is 4.79 Å². The average molecular weight is 327 g/mol. The summed E-state index contributed by atoms with van der Waals surface area (Å²) in [6, 6.07) is 4.48. The molecule has 0 unspecified atom stereocenters. The largest absolute Gasteiger partial charge is 0.359 e. The molecule has 1 aliphatic heterocycles. The number of nitrogens with zero attached hydrogens (tertiary/aromatic N) is 5. The molecule has 2 fully saturated rings. The normalized spacial score (nSPS) is 22.0. The van der Waals surface area contributed by atoms with Gasteiger partial charge in [0.05, 0.1) is 6.20 Å². The maximum absolute atomic E-state index is 12.4. The molecule has 6 heteroatoms. The molecule has 0 aromatic carbocycles. The highest BCUT2D eigenvalue weighted by atomic mass is 16.2. The molecule has 0 bridgehead atoms. The van der Waals surface area contributed by atoms with E-state index in [9.17, 15) is 4.79 Å². The standard InChI is InChI=1S/C18H25N5O/c1-13-9-17(23-16(20-13)7-8-19-23)21(2)11-14-10-18(24)22(12-14)15-5-3-4-6-15/h7-9,14-15H,3-6,10-12H2,1-2H3/t14-/m1/s1. The van der Waals surface area contributed by atoms with Gasteiger partial charge in [0.2, 0.25) is 5.91 Å². The molecule has 2 aliphatic rings. The third-order valence-electron chi connectivity index (χ3n) is 5.40. The molecule has 0 radical (unpaired) electrons. The number of hydrogen-bond donors (Lipinski definition) is 0. The number of rotatable bonds is 4. The molecule has 1 saturated carbocycles. The summed E-state index contributed by atoms with van der Waals surface area (Å²) in [6.07, 6.45) is 7.36. The first-order valence-electron chi connectivity index (χ1n) is 8.94. The summed E-state index contributed by atoms with van der Waals surface area (Å²) in [5.41, 5.74) is 1.85. The van der Waals surface area contributed by atoms with E-state index in [4.69, 9.17) is 0 Å². The number of carbonyl (C=O) groups is 1. The molecule has 1 amide bonds. The average Bonchev–Trinajstić information content (AvgIpc) is 3.26. The molecule has 24 heavy (non-hydrogen) atoms. The number of hydrogen-bond acceptors (Lipinski definition) is 4. The Kier molecular flexibility index (Phi) is 3.90. The number of amides is 1. The van der Waals surface area contributed by atoms with Crippen molar-refractivity contribution in [2.24, 2.45) is 5.92 Å². The molecule has 2 aromatic rings. The van der Waals surface area contributed by atoms with Gasteiger partial charge in [-0.05, 0) is 19.8 Å². The molecule has 1 aliphatic carbocycles. The Morgan fingerprint density at radius 1 is 1.33 bits per heavy atom. The van der Waals surface area contributed by atoms with Gasteiger partial charge in [-0.2, -0.15) is 9.61 Å². The van der Waals surface area contributed by atoms with E-state index in [1.54, 1.807) is 6.20 Å². The van der Waals surface area contributed by atoms with Crippen LogP contribution in [-0.2, 0) is 4.79 Å². The second kappa shape index (κ2) is 6.07. The van der Waals surface area contributed by atoms with Crippen LogP contribution in [0.3, 0.4) is 0 Å². The van der Waals surface area contributed by atoms with Crippen LogP contribution in [0.25, 0.3) is 5.65 Å². The van der Waals surface area contributed by atoms with Gasteiger partial charge in [-0.1, -0.05) is 12.8 Å². The zero-order valence-corrected chi connectivity index (χ0v) is 14.5. The summed E-state index contributed by atoms with van der Waals surface area (Å²) in [5.74, 6) is 1.77. The third-order valence-corrected chi connectivity index (χ3v) is 5.40. The quantitative estimate of drug-likeness (QED) is 0.864. The summed E-state index contributed by atoms with van der Waals surface area (Å²) in [4.78, 5) is 21.3. The fraction of sp³-hybridized carbons (Fsp3) is 0.611. The molecular weight excluding hydrogens is 302 g/mol. The van der Waals surface area contributed by atoms with Crippen LogP contribution in [0.2, 0.25) is 0 Å². The molecule has 0 spiro atoms. The summed E-state index contributed by atoms with van der Waals surface area (Å²) in [6.45, 7) is 3.78. The van der Waals surface area contributed by atoms with Gasteiger partial charge in [-0.3, -0.25) is 4.79 Å². The maximum atomic E-state index is 12.4. The van der Waals surface area contributed by atoms with E-state index in [1.165, 1.54) is 25.7 Å². The second-order valence-electron chi connectivity index (χ2n) is 7.29. The van der Waals surface area contributed by atoms with Crippen LogP contribution < -0.4 is 4.90 Å². The Morgan fingerprint density at radius 2 is 2.12 bits per heavy atom. The van der Waals surface area contributed by atoms with Crippen LogP contribution in [0.4, 0.5) is 5.82 Å². The fourth-order valence-corrected chi connectivity index (χ4v) is 4.27. The lowest BCUT2D eigenvalue weighted by Crippen LogP contribution is -2.35. The van der Waals surface area contributed by atoms with E-state index in [0.29, 0.717) is 24.3 Å². The van der Waals surface area contributed by atoms with Crippen molar-refractivity contribution in [3.63, 3.8) is 0 Å². The van der Waals surface area contributed by atoms with Gasteiger partial charge >= 0.3 is 0 Å². The first-order valence-corrected chi connectivity index (χ1v) is 8.94. The minimum Gasteiger partial charge on any atom is -0.359 e. The fourth-order valence-electron chi connectivity index (χ4n) is 4.27. The predicted octanol–water partition coefficient (Wildman–Crippen LogP) is 2.27. The Morgan fingerprint density at radius 3 is 2.92 bits per heavy atom. The van der Waals surface area contributed by atoms with Crippen molar-refractivity contribution in [2.45, 2.75) is 45.1 Å². The predicted molar refractivity (Wildman–Crippen MR) is 93.1 cm³/mol. The van der Waals surface area contributed by atoms with E-state index < -0.39 is 0 Å². The maximum Gasteiger partial charge on any atom is 0.223 e. The summed E-state index contributed by atoms with van der Waals surface area (Å²) >= 11 is 0. The van der Waals surface area contributed by atoms with E-state index >= 15 is 0 Å². The molecule has 6 nitrogen and oxygen atoms in total. The van der Waals surface area contributed by atoms with Crippen LogP contribution in [0.1, 0.15) is 37.8 Å². The van der Waals surface area contributed by atoms with Crippen molar-refractivity contribution in [3.8, 4) is 0 Å². The molecule has 4 rings (SSSR count). The Labute approximate surface area is 142 Å². The van der Waals surface area contributed by atoms with E-state index in [0.717, 1.165) is 30.2 Å². The lowest BCUT2D eigenvalue weighted by Gasteiger charge is -2.26. The molecule has 0 N–H and O–H groups in total. The van der Waals surface area contributed by atoms with Crippen molar-refractivity contribution in [3.05, 3.63) is 24.0 Å². The highest BCUT2D eigenvalue weighted by Crippen LogP contribution is 2.30. The molecule has 3 heterocycles. The number of fused-ring (bicyclic) bond motifs is 1. The van der Waals surface area contributed by atoms with Gasteiger partial charge < -0.3 is 9.80 Å². The molecule has 1 atom stereocenters. The van der Waals surface area contributed by atoms with Crippen molar-refractivity contribution in [1.82, 2.24) is 19.5 Å². The number of aryl methyl sites for hydroxylation is 1. The van der Waals surface area contributed by atoms with Crippen molar-refractivity contribution in [1.29, 1.82) is 0 Å². The summed E-state index contributed by atoms with van der Waals surface area (Å²) in [5, 5.41) is 4.38. The molecule has 1 saturated heterocycles. The lowest BCUT2D eigenvalue weighted by atomic mass is 10.1. The lowest BCUT2D eigenvalue weighted by molar-refractivity contribution is -0.129. The van der Waals surface area contributed by atoms with Gasteiger partial charge in [-0.25, -0.2) is 4.98 Å². The number of anilines is 1. The molecule has 128 valence electrons. The van der Waals surface area contributed by atoms with E-state index in [-0.39, 0.29) is 0 Å². The first-order chi connectivity index (χ1) is 11.6. The molecule has 2 aromatic heterocycles. The van der Waals surface area contributed by atoms with Gasteiger partial charge in [-0.15, -0.1) is 0 Å². The first kappa shape index (κ1) is 15.4. The number of likely N-dealkylation sites (tertiary alicyclic amines) is 1. The van der Waals surface area contributed by atoms with Gasteiger partial charge in [0.15, 0.2) is 5.65 Å². The zero-order chi connectivity index (χ0) is 16.7. The Bertz CT molecular complexity index is 749. The van der Waals surface area contributed by atoms with Crippen LogP contribution in [0, 0.1) is 12.8 Å². The van der Waals surface area contributed by atoms with Gasteiger partial charge in [0.25, 0.3) is 0 Å². The van der Waals surface area contributed by atoms with Gasteiger partial charge in [0, 0.05) is 56.3 Å². The minimum absolute atomic E-state index is 0.343. The van der Waals surface area contributed by atoms with Crippen LogP contribution in [0.5, 0.6) is 0 Å². The van der Waals surface area contributed by atoms with Crippen LogP contribution >= 0.6 is 0 Å². The Hall–Kier alpha value is -2.11. The second-order valence-corrected chi connectivity index (χ2v) is 7.29. The zero-order valence-electron chi connectivity index (χ0n) is 14.5. The van der Waals surface area contributed by atoms with E-state index in [2.05, 4.69) is 33.0 Å². The summed E-state index contributed by atoms with van der Waals surface area (Å²) < 4.78 is 1.87. The number of aromatic nitrogens is 3. The smallest absolute Gasteiger partial charge is 0.223 e. The number of carbonyl (C=O) groups excluding carboxylic acids is 1. The highest BCUT2D eigenvalue weighted by molar-refractivity contribution is 5.79. The summed E-state index contributed by atoms with van der Waals surface area (Å²) in [7, 11) is 2.08.